The number of para-hydroxylation sites is 1. The Bertz CT molecular complexity index is 1410. The lowest BCUT2D eigenvalue weighted by atomic mass is 9.82. The maximum absolute atomic E-state index is 11.9. The van der Waals surface area contributed by atoms with E-state index in [4.69, 9.17) is 4.74 Å². The van der Waals surface area contributed by atoms with Crippen LogP contribution in [0.4, 0.5) is 0 Å². The number of amides is 1. The van der Waals surface area contributed by atoms with E-state index in [9.17, 15) is 9.90 Å². The molecule has 0 spiro atoms. The zero-order valence-corrected chi connectivity index (χ0v) is 24.6. The fourth-order valence-electron chi connectivity index (χ4n) is 4.54. The van der Waals surface area contributed by atoms with Crippen LogP contribution in [-0.4, -0.2) is 41.8 Å². The molecule has 40 heavy (non-hydrogen) atoms. The molecule has 3 aromatic rings. The van der Waals surface area contributed by atoms with Crippen LogP contribution in [0, 0.1) is 17.3 Å². The van der Waals surface area contributed by atoms with Crippen molar-refractivity contribution in [2.75, 3.05) is 13.7 Å². The minimum atomic E-state index is -0.343. The zero-order chi connectivity index (χ0) is 29.1. The topological polar surface area (TPSA) is 86.4 Å². The molecule has 1 aliphatic carbocycles. The number of H-pyrrole nitrogens is 1. The number of carbonyl (C=O) groups is 1. The summed E-state index contributed by atoms with van der Waals surface area (Å²) in [5.41, 5.74) is 4.48. The molecule has 1 amide bonds. The summed E-state index contributed by atoms with van der Waals surface area (Å²) in [7, 11) is 1.63. The van der Waals surface area contributed by atoms with Crippen molar-refractivity contribution in [3.63, 3.8) is 0 Å². The lowest BCUT2D eigenvalue weighted by Gasteiger charge is -2.21. The van der Waals surface area contributed by atoms with Gasteiger partial charge in [-0.3, -0.25) is 4.79 Å². The molecule has 1 heterocycles. The highest BCUT2D eigenvalue weighted by molar-refractivity contribution is 5.96. The van der Waals surface area contributed by atoms with Gasteiger partial charge >= 0.3 is 0 Å². The number of nitrogens with one attached hydrogen (secondary N) is 3. The van der Waals surface area contributed by atoms with Crippen LogP contribution in [0.3, 0.4) is 0 Å². The van der Waals surface area contributed by atoms with Crippen LogP contribution in [0.15, 0.2) is 72.5 Å². The molecule has 0 fully saturated rings. The summed E-state index contributed by atoms with van der Waals surface area (Å²) in [5, 5.41) is 17.5. The molecule has 6 heteroatoms. The molecule has 4 rings (SSSR count). The molecule has 0 saturated heterocycles. The van der Waals surface area contributed by atoms with Crippen molar-refractivity contribution < 1.29 is 14.6 Å². The van der Waals surface area contributed by atoms with E-state index in [-0.39, 0.29) is 30.1 Å². The van der Waals surface area contributed by atoms with Gasteiger partial charge in [0.15, 0.2) is 0 Å². The summed E-state index contributed by atoms with van der Waals surface area (Å²) in [6, 6.07) is 14.1. The molecule has 0 bridgehead atoms. The molecule has 0 saturated carbocycles. The number of likely N-dealkylation sites (N-methyl/N-ethyl adjacent to an activating group) is 1. The number of aliphatic hydroxyl groups is 1. The number of ether oxygens (including phenoxy) is 1. The van der Waals surface area contributed by atoms with Crippen molar-refractivity contribution >= 4 is 16.8 Å². The number of fused-ring (bicyclic) bond motifs is 1. The quantitative estimate of drug-likeness (QED) is 0.263. The first-order chi connectivity index (χ1) is 19.3. The van der Waals surface area contributed by atoms with E-state index in [1.165, 1.54) is 10.9 Å². The van der Waals surface area contributed by atoms with Gasteiger partial charge in [-0.25, -0.2) is 0 Å². The van der Waals surface area contributed by atoms with Crippen molar-refractivity contribution in [2.24, 2.45) is 5.41 Å². The average Bonchev–Trinajstić information content (AvgIpc) is 3.38. The lowest BCUT2D eigenvalue weighted by Crippen LogP contribution is -2.34. The van der Waals surface area contributed by atoms with E-state index < -0.39 is 0 Å². The number of aliphatic hydroxyl groups excluding tert-OH is 1. The molecule has 0 radical (unpaired) electrons. The summed E-state index contributed by atoms with van der Waals surface area (Å²) in [5.74, 6) is 7.43. The Morgan fingerprint density at radius 2 is 1.95 bits per heavy atom. The standard InChI is InChI=1S/C32H37N3O3.C2H6/c1-22(2)38-30-10-9-23(11-14-32(3)15-12-24(13-16-32)31(37)33-4)17-26(30)20-34-27(21-36)18-25-19-35-29-8-6-5-7-28(25)29;1-2/h5-10,12-13,15,17,19,22,27,34-36H,16,18,20-21H2,1-4H3,(H,33,37);1-2H3. The summed E-state index contributed by atoms with van der Waals surface area (Å²) in [6.45, 7) is 10.7. The predicted molar refractivity (Wildman–Crippen MR) is 164 cm³/mol. The SMILES string of the molecule is CC.CNC(=O)C1=CCC(C)(C#Cc2ccc(OC(C)C)c(CNC(CO)Cc3c[nH]c4ccccc34)c2)C=C1. The van der Waals surface area contributed by atoms with Crippen LogP contribution in [0.2, 0.25) is 0 Å². The Morgan fingerprint density at radius 3 is 2.62 bits per heavy atom. The van der Waals surface area contributed by atoms with Crippen molar-refractivity contribution in [1.82, 2.24) is 15.6 Å². The van der Waals surface area contributed by atoms with Gasteiger partial charge in [-0.05, 0) is 63.4 Å². The Hall–Kier alpha value is -3.79. The van der Waals surface area contributed by atoms with E-state index in [0.29, 0.717) is 25.0 Å². The van der Waals surface area contributed by atoms with E-state index >= 15 is 0 Å². The number of hydrogen-bond acceptors (Lipinski definition) is 4. The lowest BCUT2D eigenvalue weighted by molar-refractivity contribution is -0.116. The second kappa shape index (κ2) is 14.6. The van der Waals surface area contributed by atoms with E-state index in [1.807, 2.05) is 76.4 Å². The number of benzene rings is 2. The molecule has 212 valence electrons. The van der Waals surface area contributed by atoms with E-state index in [1.54, 1.807) is 7.05 Å². The van der Waals surface area contributed by atoms with Gasteiger partial charge in [0.05, 0.1) is 18.1 Å². The van der Waals surface area contributed by atoms with Crippen LogP contribution in [-0.2, 0) is 17.8 Å². The van der Waals surface area contributed by atoms with Gasteiger partial charge in [0.1, 0.15) is 5.75 Å². The molecule has 1 aliphatic rings. The van der Waals surface area contributed by atoms with Crippen molar-refractivity contribution in [3.05, 3.63) is 89.2 Å². The molecule has 4 N–H and O–H groups in total. The van der Waals surface area contributed by atoms with Gasteiger partial charge in [-0.1, -0.05) is 62.1 Å². The Kier molecular flexibility index (Phi) is 11.2. The highest BCUT2D eigenvalue weighted by atomic mass is 16.5. The third-order valence-electron chi connectivity index (χ3n) is 6.72. The number of rotatable bonds is 9. The highest BCUT2D eigenvalue weighted by Crippen LogP contribution is 2.29. The number of aromatic nitrogens is 1. The minimum absolute atomic E-state index is 0.0234. The van der Waals surface area contributed by atoms with Crippen LogP contribution in [0.25, 0.3) is 10.9 Å². The third-order valence-corrected chi connectivity index (χ3v) is 6.72. The summed E-state index contributed by atoms with van der Waals surface area (Å²) in [6.07, 6.45) is 9.22. The van der Waals surface area contributed by atoms with Gasteiger partial charge in [-0.15, -0.1) is 0 Å². The molecule has 1 aromatic heterocycles. The van der Waals surface area contributed by atoms with E-state index in [0.717, 1.165) is 22.4 Å². The molecule has 2 aromatic carbocycles. The highest BCUT2D eigenvalue weighted by Gasteiger charge is 2.22. The summed E-state index contributed by atoms with van der Waals surface area (Å²) < 4.78 is 6.08. The van der Waals surface area contributed by atoms with Gasteiger partial charge < -0.3 is 25.5 Å². The zero-order valence-electron chi connectivity index (χ0n) is 24.6. The molecular weight excluding hydrogens is 498 g/mol. The van der Waals surface area contributed by atoms with Crippen molar-refractivity contribution in [3.8, 4) is 17.6 Å². The van der Waals surface area contributed by atoms with Crippen LogP contribution < -0.4 is 15.4 Å². The molecule has 2 unspecified atom stereocenters. The Labute approximate surface area is 238 Å². The second-order valence-electron chi connectivity index (χ2n) is 10.3. The first kappa shape index (κ1) is 30.7. The Balaban J connectivity index is 0.00000216. The van der Waals surface area contributed by atoms with Crippen LogP contribution in [0.5, 0.6) is 5.75 Å². The maximum Gasteiger partial charge on any atom is 0.250 e. The smallest absolute Gasteiger partial charge is 0.250 e. The number of aromatic amines is 1. The largest absolute Gasteiger partial charge is 0.491 e. The average molecular weight is 542 g/mol. The fourth-order valence-corrected chi connectivity index (χ4v) is 4.54. The predicted octanol–water partition coefficient (Wildman–Crippen LogP) is 5.66. The van der Waals surface area contributed by atoms with E-state index in [2.05, 4.69) is 52.6 Å². The number of allylic oxidation sites excluding steroid dienone is 2. The van der Waals surface area contributed by atoms with Crippen molar-refractivity contribution in [1.29, 1.82) is 0 Å². The van der Waals surface area contributed by atoms with Crippen molar-refractivity contribution in [2.45, 2.75) is 66.2 Å². The van der Waals surface area contributed by atoms with Gasteiger partial charge in [0, 0.05) is 53.4 Å². The fraction of sp³-hybridized carbons (Fsp3) is 0.382. The minimum Gasteiger partial charge on any atom is -0.491 e. The molecule has 6 nitrogen and oxygen atoms in total. The monoisotopic (exact) mass is 541 g/mol. The summed E-state index contributed by atoms with van der Waals surface area (Å²) >= 11 is 0. The first-order valence-electron chi connectivity index (χ1n) is 14.1. The van der Waals surface area contributed by atoms with Gasteiger partial charge in [-0.2, -0.15) is 0 Å². The normalized spacial score (nSPS) is 16.9. The number of hydrogen-bond donors (Lipinski definition) is 4. The molecular formula is C34H43N3O3. The molecule has 0 aliphatic heterocycles. The molecule has 2 atom stereocenters. The number of carbonyl (C=O) groups excluding carboxylic acids is 1. The third kappa shape index (κ3) is 8.11. The second-order valence-corrected chi connectivity index (χ2v) is 10.3. The van der Waals surface area contributed by atoms with Crippen LogP contribution in [0.1, 0.15) is 57.7 Å². The maximum atomic E-state index is 11.9. The van der Waals surface area contributed by atoms with Gasteiger partial charge in [0.25, 0.3) is 5.91 Å². The Morgan fingerprint density at radius 1 is 1.18 bits per heavy atom. The first-order valence-corrected chi connectivity index (χ1v) is 14.1. The van der Waals surface area contributed by atoms with Gasteiger partial charge in [0.2, 0.25) is 0 Å². The van der Waals surface area contributed by atoms with Crippen LogP contribution >= 0.6 is 0 Å². The summed E-state index contributed by atoms with van der Waals surface area (Å²) in [4.78, 5) is 15.2.